The first-order valence-corrected chi connectivity index (χ1v) is 6.58. The highest BCUT2D eigenvalue weighted by molar-refractivity contribution is 6.42. The number of rotatable bonds is 2. The molecule has 0 aromatic heterocycles. The third-order valence-corrected chi connectivity index (χ3v) is 3.54. The van der Waals surface area contributed by atoms with Crippen molar-refractivity contribution in [3.63, 3.8) is 0 Å². The van der Waals surface area contributed by atoms with Crippen molar-refractivity contribution in [1.82, 2.24) is 4.90 Å². The lowest BCUT2D eigenvalue weighted by atomic mass is 10.3. The number of nitrogens with zero attached hydrogens (tertiary/aromatic N) is 1. The fraction of sp³-hybridized carbons (Fsp3) is 0.333. The van der Waals surface area contributed by atoms with Crippen molar-refractivity contribution in [3.8, 4) is 0 Å². The van der Waals surface area contributed by atoms with E-state index in [4.69, 9.17) is 33.0 Å². The Kier molecular flexibility index (Phi) is 4.69. The number of ether oxygens (including phenoxy) is 1. The van der Waals surface area contributed by atoms with Gasteiger partial charge in [-0.15, -0.1) is 0 Å². The van der Waals surface area contributed by atoms with Gasteiger partial charge in [-0.3, -0.25) is 0 Å². The largest absolute Gasteiger partial charge is 0.479 e. The maximum absolute atomic E-state index is 12.0. The number of carbonyl (C=O) groups is 2. The van der Waals surface area contributed by atoms with Gasteiger partial charge < -0.3 is 20.1 Å². The molecule has 1 fully saturated rings. The van der Waals surface area contributed by atoms with Crippen LogP contribution in [0.15, 0.2) is 18.2 Å². The van der Waals surface area contributed by atoms with E-state index in [0.29, 0.717) is 22.3 Å². The van der Waals surface area contributed by atoms with E-state index in [1.165, 1.54) is 11.0 Å². The van der Waals surface area contributed by atoms with Crippen LogP contribution in [0.1, 0.15) is 0 Å². The van der Waals surface area contributed by atoms with Crippen LogP contribution >= 0.6 is 23.2 Å². The number of hydrogen-bond donors (Lipinski definition) is 2. The average molecular weight is 319 g/mol. The summed E-state index contributed by atoms with van der Waals surface area (Å²) in [6.45, 7) is 0.519. The minimum Gasteiger partial charge on any atom is -0.479 e. The molecule has 0 spiro atoms. The fourth-order valence-electron chi connectivity index (χ4n) is 1.76. The van der Waals surface area contributed by atoms with Crippen LogP contribution in [0.2, 0.25) is 10.0 Å². The lowest BCUT2D eigenvalue weighted by Gasteiger charge is -2.30. The molecule has 1 aliphatic rings. The number of nitrogens with one attached hydrogen (secondary N) is 1. The summed E-state index contributed by atoms with van der Waals surface area (Å²) in [5.41, 5.74) is 0.489. The molecule has 1 unspecified atom stereocenters. The molecule has 6 nitrogen and oxygen atoms in total. The zero-order valence-electron chi connectivity index (χ0n) is 10.3. The van der Waals surface area contributed by atoms with E-state index < -0.39 is 18.1 Å². The highest BCUT2D eigenvalue weighted by Crippen LogP contribution is 2.25. The van der Waals surface area contributed by atoms with Gasteiger partial charge in [0.15, 0.2) is 6.10 Å². The van der Waals surface area contributed by atoms with Crippen LogP contribution in [0.4, 0.5) is 10.5 Å². The molecule has 108 valence electrons. The normalized spacial score (nSPS) is 18.7. The molecule has 1 atom stereocenters. The number of amides is 2. The Bertz CT molecular complexity index is 538. The third kappa shape index (κ3) is 3.53. The molecule has 2 amide bonds. The van der Waals surface area contributed by atoms with Crippen molar-refractivity contribution >= 4 is 40.9 Å². The number of hydrogen-bond acceptors (Lipinski definition) is 3. The van der Waals surface area contributed by atoms with Crippen molar-refractivity contribution in [1.29, 1.82) is 0 Å². The number of aliphatic carboxylic acids is 1. The lowest BCUT2D eigenvalue weighted by Crippen LogP contribution is -2.49. The molecule has 0 aliphatic carbocycles. The minimum absolute atomic E-state index is 0.00247. The summed E-state index contributed by atoms with van der Waals surface area (Å²) in [5, 5.41) is 12.2. The number of carbonyl (C=O) groups excluding carboxylic acids is 1. The monoisotopic (exact) mass is 318 g/mol. The van der Waals surface area contributed by atoms with Gasteiger partial charge in [-0.1, -0.05) is 23.2 Å². The van der Waals surface area contributed by atoms with Crippen molar-refractivity contribution in [2.75, 3.05) is 25.0 Å². The van der Waals surface area contributed by atoms with Gasteiger partial charge in [0.05, 0.1) is 23.2 Å². The number of halogens is 2. The summed E-state index contributed by atoms with van der Waals surface area (Å²) in [4.78, 5) is 24.2. The zero-order valence-corrected chi connectivity index (χ0v) is 11.8. The van der Waals surface area contributed by atoms with E-state index in [-0.39, 0.29) is 13.2 Å². The van der Waals surface area contributed by atoms with Crippen LogP contribution in [0.5, 0.6) is 0 Å². The van der Waals surface area contributed by atoms with Crippen molar-refractivity contribution in [2.24, 2.45) is 0 Å². The Morgan fingerprint density at radius 2 is 2.10 bits per heavy atom. The highest BCUT2D eigenvalue weighted by Gasteiger charge is 2.28. The fourth-order valence-corrected chi connectivity index (χ4v) is 2.06. The topological polar surface area (TPSA) is 78.9 Å². The second-order valence-corrected chi connectivity index (χ2v) is 5.02. The second-order valence-electron chi connectivity index (χ2n) is 4.20. The number of anilines is 1. The predicted octanol–water partition coefficient (Wildman–Crippen LogP) is 2.31. The summed E-state index contributed by atoms with van der Waals surface area (Å²) >= 11 is 11.6. The van der Waals surface area contributed by atoms with Gasteiger partial charge in [0.2, 0.25) is 0 Å². The first-order chi connectivity index (χ1) is 9.47. The minimum atomic E-state index is -1.09. The molecule has 1 aromatic carbocycles. The Morgan fingerprint density at radius 1 is 1.35 bits per heavy atom. The Labute approximate surface area is 125 Å². The summed E-state index contributed by atoms with van der Waals surface area (Å²) < 4.78 is 5.05. The predicted molar refractivity (Wildman–Crippen MR) is 74.4 cm³/mol. The Balaban J connectivity index is 2.00. The molecular weight excluding hydrogens is 307 g/mol. The van der Waals surface area contributed by atoms with Crippen LogP contribution in [-0.2, 0) is 9.53 Å². The van der Waals surface area contributed by atoms with E-state index in [2.05, 4.69) is 5.32 Å². The van der Waals surface area contributed by atoms with Gasteiger partial charge in [-0.2, -0.15) is 0 Å². The SMILES string of the molecule is O=C(O)C1CN(C(=O)Nc2ccc(Cl)c(Cl)c2)CCO1. The molecule has 1 aliphatic heterocycles. The van der Waals surface area contributed by atoms with E-state index in [1.807, 2.05) is 0 Å². The highest BCUT2D eigenvalue weighted by atomic mass is 35.5. The molecule has 1 saturated heterocycles. The quantitative estimate of drug-likeness (QED) is 0.877. The molecule has 0 bridgehead atoms. The zero-order chi connectivity index (χ0) is 14.7. The summed E-state index contributed by atoms with van der Waals surface area (Å²) in [6, 6.07) is 4.30. The molecule has 1 aromatic rings. The van der Waals surface area contributed by atoms with E-state index in [9.17, 15) is 9.59 Å². The van der Waals surface area contributed by atoms with E-state index >= 15 is 0 Å². The van der Waals surface area contributed by atoms with Gasteiger partial charge in [0.1, 0.15) is 0 Å². The average Bonchev–Trinajstić information content (AvgIpc) is 2.43. The first-order valence-electron chi connectivity index (χ1n) is 5.83. The maximum atomic E-state index is 12.0. The molecule has 2 N–H and O–H groups in total. The van der Waals surface area contributed by atoms with Crippen molar-refractivity contribution < 1.29 is 19.4 Å². The van der Waals surface area contributed by atoms with Crippen LogP contribution in [0, 0.1) is 0 Å². The van der Waals surface area contributed by atoms with Gasteiger partial charge in [-0.25, -0.2) is 9.59 Å². The molecular formula is C12H12Cl2N2O4. The van der Waals surface area contributed by atoms with Crippen LogP contribution in [0.3, 0.4) is 0 Å². The maximum Gasteiger partial charge on any atom is 0.334 e. The molecule has 20 heavy (non-hydrogen) atoms. The molecule has 8 heteroatoms. The van der Waals surface area contributed by atoms with Gasteiger partial charge >= 0.3 is 12.0 Å². The first kappa shape index (κ1) is 14.9. The standard InChI is InChI=1S/C12H12Cl2N2O4/c13-8-2-1-7(5-9(8)14)15-12(19)16-3-4-20-10(6-16)11(17)18/h1-2,5,10H,3-4,6H2,(H,15,19)(H,17,18). The van der Waals surface area contributed by atoms with Crippen molar-refractivity contribution in [3.05, 3.63) is 28.2 Å². The summed E-state index contributed by atoms with van der Waals surface area (Å²) in [7, 11) is 0. The molecule has 2 rings (SSSR count). The summed E-state index contributed by atoms with van der Waals surface area (Å²) in [5.74, 6) is -1.09. The summed E-state index contributed by atoms with van der Waals surface area (Å²) in [6.07, 6.45) is -0.997. The number of carboxylic acids is 1. The second kappa shape index (κ2) is 6.30. The number of morpholine rings is 1. The Hall–Kier alpha value is -1.50. The number of urea groups is 1. The Morgan fingerprint density at radius 3 is 2.75 bits per heavy atom. The number of carboxylic acid groups (broad SMARTS) is 1. The molecule has 0 radical (unpaired) electrons. The van der Waals surface area contributed by atoms with Crippen LogP contribution < -0.4 is 5.32 Å². The third-order valence-electron chi connectivity index (χ3n) is 2.80. The van der Waals surface area contributed by atoms with Gasteiger partial charge in [-0.05, 0) is 18.2 Å². The van der Waals surface area contributed by atoms with Crippen molar-refractivity contribution in [2.45, 2.75) is 6.10 Å². The van der Waals surface area contributed by atoms with Gasteiger partial charge in [0, 0.05) is 12.2 Å². The lowest BCUT2D eigenvalue weighted by molar-refractivity contribution is -0.154. The molecule has 0 saturated carbocycles. The smallest absolute Gasteiger partial charge is 0.334 e. The molecule has 1 heterocycles. The van der Waals surface area contributed by atoms with Gasteiger partial charge in [0.25, 0.3) is 0 Å². The van der Waals surface area contributed by atoms with E-state index in [1.54, 1.807) is 12.1 Å². The number of benzene rings is 1. The van der Waals surface area contributed by atoms with Crippen LogP contribution in [0.25, 0.3) is 0 Å². The van der Waals surface area contributed by atoms with Crippen LogP contribution in [-0.4, -0.2) is 47.8 Å². The van der Waals surface area contributed by atoms with E-state index in [0.717, 1.165) is 0 Å².